The number of nitro benzene ring substituents is 1. The molecule has 8 nitrogen and oxygen atoms in total. The van der Waals surface area contributed by atoms with Gasteiger partial charge in [0.15, 0.2) is 5.13 Å². The van der Waals surface area contributed by atoms with Gasteiger partial charge in [0, 0.05) is 30.8 Å². The fourth-order valence-electron chi connectivity index (χ4n) is 3.08. The van der Waals surface area contributed by atoms with Gasteiger partial charge >= 0.3 is 0 Å². The number of halogens is 1. The predicted molar refractivity (Wildman–Crippen MR) is 126 cm³/mol. The summed E-state index contributed by atoms with van der Waals surface area (Å²) in [6, 6.07) is 11.3. The highest BCUT2D eigenvalue weighted by Gasteiger charge is 2.22. The molecule has 0 unspecified atom stereocenters. The van der Waals surface area contributed by atoms with Crippen LogP contribution in [0.3, 0.4) is 0 Å². The quantitative estimate of drug-likeness (QED) is 0.339. The fourth-order valence-corrected chi connectivity index (χ4v) is 4.10. The second-order valence-corrected chi connectivity index (χ2v) is 7.63. The summed E-state index contributed by atoms with van der Waals surface area (Å²) in [6.45, 7) is 7.09. The normalized spacial score (nSPS) is 10.7. The number of aromatic nitrogens is 1. The molecular formula is C21H25ClN4O4S. The Labute approximate surface area is 191 Å². The molecule has 10 heteroatoms. The minimum Gasteiger partial charge on any atom is -0.497 e. The molecule has 1 heterocycles. The topological polar surface area (TPSA) is 88.8 Å². The number of hydrogen-bond acceptors (Lipinski definition) is 7. The first-order chi connectivity index (χ1) is 14.5. The highest BCUT2D eigenvalue weighted by atomic mass is 35.5. The molecule has 31 heavy (non-hydrogen) atoms. The molecule has 2 aromatic carbocycles. The molecule has 0 fully saturated rings. The van der Waals surface area contributed by atoms with Gasteiger partial charge in [-0.2, -0.15) is 0 Å². The fraction of sp³-hybridized carbons (Fsp3) is 0.333. The van der Waals surface area contributed by atoms with Crippen LogP contribution in [0.15, 0.2) is 42.5 Å². The highest BCUT2D eigenvalue weighted by Crippen LogP contribution is 2.32. The summed E-state index contributed by atoms with van der Waals surface area (Å²) in [4.78, 5) is 32.3. The number of nitro groups is 1. The number of thiazole rings is 1. The Morgan fingerprint density at radius 3 is 2.39 bits per heavy atom. The zero-order chi connectivity index (χ0) is 21.7. The Morgan fingerprint density at radius 1 is 1.13 bits per heavy atom. The van der Waals surface area contributed by atoms with E-state index in [2.05, 4.69) is 23.7 Å². The number of benzene rings is 2. The Morgan fingerprint density at radius 2 is 1.81 bits per heavy atom. The molecule has 1 aromatic heterocycles. The summed E-state index contributed by atoms with van der Waals surface area (Å²) in [7, 11) is 1.61. The lowest BCUT2D eigenvalue weighted by Crippen LogP contribution is -2.38. The van der Waals surface area contributed by atoms with E-state index in [0.29, 0.717) is 23.8 Å². The number of non-ortho nitro benzene ring substituents is 1. The molecule has 166 valence electrons. The first-order valence-electron chi connectivity index (χ1n) is 9.70. The Kier molecular flexibility index (Phi) is 8.73. The Bertz CT molecular complexity index is 1040. The van der Waals surface area contributed by atoms with Crippen LogP contribution in [0.5, 0.6) is 5.75 Å². The van der Waals surface area contributed by atoms with Gasteiger partial charge in [-0.15, -0.1) is 12.4 Å². The van der Waals surface area contributed by atoms with Gasteiger partial charge in [0.05, 0.1) is 22.2 Å². The number of hydrogen-bond donors (Lipinski definition) is 0. The average Bonchev–Trinajstić information content (AvgIpc) is 3.19. The van der Waals surface area contributed by atoms with Crippen LogP contribution in [-0.2, 0) is 0 Å². The molecule has 0 radical (unpaired) electrons. The predicted octanol–water partition coefficient (Wildman–Crippen LogP) is 4.62. The largest absolute Gasteiger partial charge is 0.497 e. The molecule has 3 rings (SSSR count). The van der Waals surface area contributed by atoms with Crippen molar-refractivity contribution in [3.8, 4) is 5.75 Å². The molecule has 3 aromatic rings. The van der Waals surface area contributed by atoms with Gasteiger partial charge in [0.2, 0.25) is 0 Å². The van der Waals surface area contributed by atoms with E-state index in [-0.39, 0.29) is 24.0 Å². The SMILES string of the molecule is CCN(CC)CCN(C(=O)c1ccc([N+](=O)[O-])cc1)c1nc2ccc(OC)cc2s1.Cl. The van der Waals surface area contributed by atoms with Crippen molar-refractivity contribution in [2.24, 2.45) is 0 Å². The lowest BCUT2D eigenvalue weighted by Gasteiger charge is -2.24. The van der Waals surface area contributed by atoms with Crippen molar-refractivity contribution in [2.45, 2.75) is 13.8 Å². The van der Waals surface area contributed by atoms with E-state index in [1.165, 1.54) is 35.6 Å². The maximum absolute atomic E-state index is 13.3. The van der Waals surface area contributed by atoms with E-state index in [0.717, 1.165) is 29.1 Å². The van der Waals surface area contributed by atoms with Crippen molar-refractivity contribution < 1.29 is 14.5 Å². The van der Waals surface area contributed by atoms with Crippen LogP contribution in [0.25, 0.3) is 10.2 Å². The van der Waals surface area contributed by atoms with Crippen molar-refractivity contribution in [3.05, 3.63) is 58.1 Å². The van der Waals surface area contributed by atoms with Crippen molar-refractivity contribution >= 4 is 50.7 Å². The molecule has 1 amide bonds. The van der Waals surface area contributed by atoms with Crippen LogP contribution >= 0.6 is 23.7 Å². The lowest BCUT2D eigenvalue weighted by molar-refractivity contribution is -0.384. The van der Waals surface area contributed by atoms with E-state index < -0.39 is 4.92 Å². The molecule has 0 aliphatic heterocycles. The Balaban J connectivity index is 0.00000341. The number of nitrogens with zero attached hydrogens (tertiary/aromatic N) is 4. The minimum atomic E-state index is -0.479. The number of amides is 1. The summed E-state index contributed by atoms with van der Waals surface area (Å²) in [5, 5.41) is 11.5. The number of rotatable bonds is 9. The van der Waals surface area contributed by atoms with Gasteiger partial charge in [-0.3, -0.25) is 19.8 Å². The molecule has 0 aliphatic carbocycles. The van der Waals surface area contributed by atoms with Gasteiger partial charge in [-0.05, 0) is 43.4 Å². The third-order valence-electron chi connectivity index (χ3n) is 4.92. The van der Waals surface area contributed by atoms with Crippen LogP contribution in [0.4, 0.5) is 10.8 Å². The van der Waals surface area contributed by atoms with Crippen LogP contribution in [0, 0.1) is 10.1 Å². The van der Waals surface area contributed by atoms with Crippen molar-refractivity contribution in [2.75, 3.05) is 38.2 Å². The number of likely N-dealkylation sites (N-methyl/N-ethyl adjacent to an activating group) is 1. The summed E-state index contributed by atoms with van der Waals surface area (Å²) in [5.41, 5.74) is 1.13. The van der Waals surface area contributed by atoms with Crippen molar-refractivity contribution in [1.29, 1.82) is 0 Å². The second kappa shape index (κ2) is 11.0. The number of ether oxygens (including phenoxy) is 1. The summed E-state index contributed by atoms with van der Waals surface area (Å²) in [6.07, 6.45) is 0. The number of anilines is 1. The first-order valence-corrected chi connectivity index (χ1v) is 10.5. The minimum absolute atomic E-state index is 0. The highest BCUT2D eigenvalue weighted by molar-refractivity contribution is 7.22. The Hall–Kier alpha value is -2.75. The second-order valence-electron chi connectivity index (χ2n) is 6.62. The van der Waals surface area contributed by atoms with Gasteiger partial charge < -0.3 is 9.64 Å². The van der Waals surface area contributed by atoms with Gasteiger partial charge in [-0.1, -0.05) is 25.2 Å². The maximum atomic E-state index is 13.3. The number of fused-ring (bicyclic) bond motifs is 1. The van der Waals surface area contributed by atoms with E-state index in [4.69, 9.17) is 4.74 Å². The smallest absolute Gasteiger partial charge is 0.269 e. The molecule has 0 atom stereocenters. The zero-order valence-electron chi connectivity index (χ0n) is 17.6. The summed E-state index contributed by atoms with van der Waals surface area (Å²) >= 11 is 1.42. The molecule has 0 aliphatic rings. The molecule has 0 N–H and O–H groups in total. The molecular weight excluding hydrogens is 440 g/mol. The van der Waals surface area contributed by atoms with Gasteiger partial charge in [0.25, 0.3) is 11.6 Å². The van der Waals surface area contributed by atoms with E-state index in [1.807, 2.05) is 18.2 Å². The van der Waals surface area contributed by atoms with Crippen LogP contribution in [0.1, 0.15) is 24.2 Å². The number of methoxy groups -OCH3 is 1. The van der Waals surface area contributed by atoms with Gasteiger partial charge in [-0.25, -0.2) is 4.98 Å². The molecule has 0 saturated carbocycles. The lowest BCUT2D eigenvalue weighted by atomic mass is 10.2. The summed E-state index contributed by atoms with van der Waals surface area (Å²) in [5.74, 6) is 0.497. The molecule has 0 saturated heterocycles. The van der Waals surface area contributed by atoms with Crippen molar-refractivity contribution in [3.63, 3.8) is 0 Å². The maximum Gasteiger partial charge on any atom is 0.269 e. The van der Waals surface area contributed by atoms with Gasteiger partial charge in [0.1, 0.15) is 5.75 Å². The molecule has 0 spiro atoms. The monoisotopic (exact) mass is 464 g/mol. The van der Waals surface area contributed by atoms with Crippen molar-refractivity contribution in [1.82, 2.24) is 9.88 Å². The average molecular weight is 465 g/mol. The number of carbonyl (C=O) groups is 1. The van der Waals surface area contributed by atoms with E-state index in [9.17, 15) is 14.9 Å². The summed E-state index contributed by atoms with van der Waals surface area (Å²) < 4.78 is 6.21. The van der Waals surface area contributed by atoms with Crippen LogP contribution in [0.2, 0.25) is 0 Å². The first kappa shape index (κ1) is 24.5. The number of carbonyl (C=O) groups excluding carboxylic acids is 1. The van der Waals surface area contributed by atoms with E-state index >= 15 is 0 Å². The van der Waals surface area contributed by atoms with E-state index in [1.54, 1.807) is 12.0 Å². The van der Waals surface area contributed by atoms with Crippen LogP contribution < -0.4 is 9.64 Å². The zero-order valence-corrected chi connectivity index (χ0v) is 19.2. The third kappa shape index (κ3) is 5.69. The standard InChI is InChI=1S/C21H24N4O4S.ClH/c1-4-23(5-2)12-13-24(20(26)15-6-8-16(9-7-15)25(27)28)21-22-18-11-10-17(29-3)14-19(18)30-21;/h6-11,14H,4-5,12-13H2,1-3H3;1H. The van der Waals surface area contributed by atoms with Crippen LogP contribution in [-0.4, -0.2) is 54.0 Å². The molecule has 0 bridgehead atoms. The third-order valence-corrected chi connectivity index (χ3v) is 5.96.